The zero-order valence-electron chi connectivity index (χ0n) is 72.7. The summed E-state index contributed by atoms with van der Waals surface area (Å²) in [5, 5.41) is 20.7. The Morgan fingerprint density at radius 1 is 0.252 bits per heavy atom. The van der Waals surface area contributed by atoms with E-state index >= 15 is 0 Å². The van der Waals surface area contributed by atoms with Crippen LogP contribution in [0.5, 0.6) is 0 Å². The molecule has 0 heterocycles. The number of phosphoric ester groups is 2. The van der Waals surface area contributed by atoms with E-state index in [9.17, 15) is 43.5 Å². The van der Waals surface area contributed by atoms with Crippen LogP contribution in [-0.4, -0.2) is 95.9 Å². The molecule has 0 rings (SSSR count). The molecule has 4 N–H and O–H groups in total. The summed E-state index contributed by atoms with van der Waals surface area (Å²) in [6.07, 6.45) is 113. The van der Waals surface area contributed by atoms with Gasteiger partial charge in [-0.3, -0.25) is 32.5 Å². The molecule has 5 atom stereocenters. The Bertz CT molecular complexity index is 2720. The maximum absolute atomic E-state index is 13.0. The quantitative estimate of drug-likeness (QED) is 0.0146. The normalized spacial score (nSPS) is 14.5. The SMILES string of the molecule is CC/C=C\C/C=C\C/C=C\C/C=C\C/C=C\C/C=C\CCCCCCCCCCCCCCCCCCC(=O)OCC(O)COP(=O)(O)OCC(O)COP(=O)(O)OCC(COC(=O)CCCCCCCCCCCCC/C=C\C/C=C\C/C=C\C/C=C\CCCCC)OC(=O)CCCCCCCCC/C=C\C/C=C\C/C=C\CC. The third kappa shape index (κ3) is 89.8. The molecule has 16 nitrogen and oxygen atoms in total. The molecular formula is C97H166O16P2. The van der Waals surface area contributed by atoms with Crippen molar-refractivity contribution in [1.82, 2.24) is 0 Å². The molecule has 0 bridgehead atoms. The maximum atomic E-state index is 13.0. The van der Waals surface area contributed by atoms with Crippen molar-refractivity contribution in [2.45, 2.75) is 399 Å². The van der Waals surface area contributed by atoms with Gasteiger partial charge < -0.3 is 34.2 Å². The van der Waals surface area contributed by atoms with E-state index in [4.69, 9.17) is 32.3 Å². The van der Waals surface area contributed by atoms with Crippen LogP contribution in [0.4, 0.5) is 0 Å². The van der Waals surface area contributed by atoms with E-state index < -0.39 is 91.5 Å². The molecule has 0 aliphatic rings. The van der Waals surface area contributed by atoms with Crippen molar-refractivity contribution < 1.29 is 75.8 Å². The highest BCUT2D eigenvalue weighted by Crippen LogP contribution is 2.45. The molecule has 115 heavy (non-hydrogen) atoms. The maximum Gasteiger partial charge on any atom is 0.472 e. The Labute approximate surface area is 701 Å². The molecular weight excluding hydrogens is 1480 g/mol. The standard InChI is InChI=1S/C97H166O16P2/c1-4-7-10-13-16-19-22-25-28-31-33-35-37-39-41-42-43-44-45-46-47-48-50-52-53-55-57-60-62-65-68-71-74-77-80-83-95(100)107-86-92(98)87-109-114(103,104)110-88-93(99)89-111-115(105,106)112-91-94(113-97(102)85-82-79-76-73-70-67-64-59-30-27-24-21-18-15-12-9-6-3)90-108-96(101)84-81-78-75-72-69-66-63-61-58-56-54-51-49-40-38-36-34-32-29-26-23-20-17-14-11-8-5-2/h7,9-10,12,16-21,25-30,33-36,39-41,43-44,49,92-94,98-99H,4-6,8,11,13-15,22-24,31-32,37-38,42,45-48,50-91H2,1-3H3,(H,103,104)(H,105,106)/b10-7-,12-9-,19-16-,20-17-,21-18-,28-25-,29-26-,30-27-,35-33-,36-34-,41-39-,44-43-,49-40-. The minimum Gasteiger partial charge on any atom is -0.463 e. The van der Waals surface area contributed by atoms with E-state index in [0.29, 0.717) is 19.3 Å². The first-order chi connectivity index (χ1) is 56.2. The second-order valence-corrected chi connectivity index (χ2v) is 33.2. The lowest BCUT2D eigenvalue weighted by Gasteiger charge is -2.21. The Balaban J connectivity index is 4.48. The van der Waals surface area contributed by atoms with Gasteiger partial charge in [0.25, 0.3) is 0 Å². The Morgan fingerprint density at radius 3 is 0.730 bits per heavy atom. The minimum absolute atomic E-state index is 0.0904. The van der Waals surface area contributed by atoms with Gasteiger partial charge >= 0.3 is 33.6 Å². The minimum atomic E-state index is -4.94. The molecule has 660 valence electrons. The van der Waals surface area contributed by atoms with Crippen molar-refractivity contribution in [3.63, 3.8) is 0 Å². The van der Waals surface area contributed by atoms with E-state index in [2.05, 4.69) is 179 Å². The lowest BCUT2D eigenvalue weighted by Crippen LogP contribution is -2.30. The number of ether oxygens (including phenoxy) is 3. The third-order valence-electron chi connectivity index (χ3n) is 19.2. The molecule has 0 fully saturated rings. The number of aliphatic hydroxyl groups is 2. The molecule has 0 spiro atoms. The van der Waals surface area contributed by atoms with Gasteiger partial charge in [0.05, 0.1) is 26.4 Å². The van der Waals surface area contributed by atoms with Crippen LogP contribution in [0.3, 0.4) is 0 Å². The first-order valence-electron chi connectivity index (χ1n) is 45.8. The molecule has 0 radical (unpaired) electrons. The molecule has 18 heteroatoms. The van der Waals surface area contributed by atoms with Crippen LogP contribution >= 0.6 is 15.6 Å². The number of hydrogen-bond acceptors (Lipinski definition) is 14. The van der Waals surface area contributed by atoms with Crippen LogP contribution in [0.15, 0.2) is 158 Å². The average molecular weight is 1650 g/mol. The van der Waals surface area contributed by atoms with Gasteiger partial charge in [0.15, 0.2) is 6.10 Å². The second kappa shape index (κ2) is 88.5. The van der Waals surface area contributed by atoms with E-state index in [1.165, 1.54) is 148 Å². The molecule has 0 aliphatic carbocycles. The molecule has 0 aromatic carbocycles. The molecule has 0 aromatic rings. The highest BCUT2D eigenvalue weighted by molar-refractivity contribution is 7.47. The Morgan fingerprint density at radius 2 is 0.461 bits per heavy atom. The highest BCUT2D eigenvalue weighted by Gasteiger charge is 2.29. The van der Waals surface area contributed by atoms with Crippen molar-refractivity contribution >= 4 is 33.6 Å². The Hall–Kier alpha value is -4.83. The van der Waals surface area contributed by atoms with Crippen LogP contribution in [0.1, 0.15) is 380 Å². The topological polar surface area (TPSA) is 231 Å². The monoisotopic (exact) mass is 1650 g/mol. The number of allylic oxidation sites excluding steroid dienone is 26. The van der Waals surface area contributed by atoms with Gasteiger partial charge in [0.1, 0.15) is 25.4 Å². The van der Waals surface area contributed by atoms with Gasteiger partial charge in [-0.15, -0.1) is 0 Å². The second-order valence-electron chi connectivity index (χ2n) is 30.3. The summed E-state index contributed by atoms with van der Waals surface area (Å²) in [6.45, 7) is 2.46. The van der Waals surface area contributed by atoms with Crippen LogP contribution in [0.2, 0.25) is 0 Å². The highest BCUT2D eigenvalue weighted by atomic mass is 31.2. The van der Waals surface area contributed by atoms with E-state index in [1.807, 2.05) is 0 Å². The predicted octanol–water partition coefficient (Wildman–Crippen LogP) is 28.1. The lowest BCUT2D eigenvalue weighted by atomic mass is 10.0. The van der Waals surface area contributed by atoms with Crippen LogP contribution in [0.25, 0.3) is 0 Å². The smallest absolute Gasteiger partial charge is 0.463 e. The zero-order chi connectivity index (χ0) is 83.6. The van der Waals surface area contributed by atoms with Crippen LogP contribution < -0.4 is 0 Å². The van der Waals surface area contributed by atoms with E-state index in [1.54, 1.807) is 0 Å². The summed E-state index contributed by atoms with van der Waals surface area (Å²) in [5.41, 5.74) is 0. The van der Waals surface area contributed by atoms with Crippen molar-refractivity contribution in [3.05, 3.63) is 158 Å². The van der Waals surface area contributed by atoms with Crippen molar-refractivity contribution in [3.8, 4) is 0 Å². The van der Waals surface area contributed by atoms with Crippen molar-refractivity contribution in [2.75, 3.05) is 39.6 Å². The summed E-state index contributed by atoms with van der Waals surface area (Å²) in [7, 11) is -9.81. The summed E-state index contributed by atoms with van der Waals surface area (Å²) in [4.78, 5) is 58.9. The van der Waals surface area contributed by atoms with Gasteiger partial charge in [0.2, 0.25) is 0 Å². The average Bonchev–Trinajstić information content (AvgIpc) is 0.926. The van der Waals surface area contributed by atoms with E-state index in [-0.39, 0.29) is 19.3 Å². The fourth-order valence-corrected chi connectivity index (χ4v) is 13.9. The van der Waals surface area contributed by atoms with Gasteiger partial charge in [0, 0.05) is 19.3 Å². The lowest BCUT2D eigenvalue weighted by molar-refractivity contribution is -0.161. The fourth-order valence-electron chi connectivity index (χ4n) is 12.3. The predicted molar refractivity (Wildman–Crippen MR) is 482 cm³/mol. The number of phosphoric acid groups is 2. The Kier molecular flexibility index (Phi) is 84.7. The first-order valence-corrected chi connectivity index (χ1v) is 48.8. The number of rotatable bonds is 86. The first kappa shape index (κ1) is 110. The summed E-state index contributed by atoms with van der Waals surface area (Å²) < 4.78 is 61.4. The van der Waals surface area contributed by atoms with Crippen molar-refractivity contribution in [2.24, 2.45) is 0 Å². The molecule has 0 saturated heterocycles. The number of carbonyl (C=O) groups is 3. The number of aliphatic hydroxyl groups excluding tert-OH is 2. The zero-order valence-corrected chi connectivity index (χ0v) is 74.5. The van der Waals surface area contributed by atoms with Crippen molar-refractivity contribution in [1.29, 1.82) is 0 Å². The van der Waals surface area contributed by atoms with Gasteiger partial charge in [-0.25, -0.2) is 9.13 Å². The molecule has 0 amide bonds. The molecule has 0 saturated carbocycles. The molecule has 0 aliphatic heterocycles. The molecule has 5 unspecified atom stereocenters. The largest absolute Gasteiger partial charge is 0.472 e. The van der Waals surface area contributed by atoms with Crippen LogP contribution in [-0.2, 0) is 55.8 Å². The number of esters is 3. The number of carbonyl (C=O) groups excluding carboxylic acids is 3. The molecule has 0 aromatic heterocycles. The third-order valence-corrected chi connectivity index (χ3v) is 21.1. The van der Waals surface area contributed by atoms with Gasteiger partial charge in [-0.2, -0.15) is 0 Å². The summed E-state index contributed by atoms with van der Waals surface area (Å²) in [6, 6.07) is 0. The van der Waals surface area contributed by atoms with E-state index in [0.717, 1.165) is 173 Å². The summed E-state index contributed by atoms with van der Waals surface area (Å²) in [5.74, 6) is -1.58. The van der Waals surface area contributed by atoms with Gasteiger partial charge in [-0.05, 0) is 148 Å². The summed E-state index contributed by atoms with van der Waals surface area (Å²) >= 11 is 0. The van der Waals surface area contributed by atoms with Crippen LogP contribution in [0, 0.1) is 0 Å². The fraction of sp³-hybridized carbons (Fsp3) is 0.701. The number of hydrogen-bond donors (Lipinski definition) is 4. The number of unbranched alkanes of at least 4 members (excludes halogenated alkanes) is 37. The van der Waals surface area contributed by atoms with Gasteiger partial charge in [-0.1, -0.05) is 371 Å².